The van der Waals surface area contributed by atoms with E-state index in [1.165, 1.54) is 34.4 Å². The van der Waals surface area contributed by atoms with Gasteiger partial charge in [0.15, 0.2) is 71.2 Å². The van der Waals surface area contributed by atoms with E-state index in [1.807, 2.05) is 27.7 Å². The van der Waals surface area contributed by atoms with E-state index in [0.717, 1.165) is 0 Å². The van der Waals surface area contributed by atoms with Gasteiger partial charge in [0.05, 0.1) is 37.7 Å². The van der Waals surface area contributed by atoms with Crippen molar-refractivity contribution in [3.8, 4) is 0 Å². The Hall–Kier alpha value is -3.92. The van der Waals surface area contributed by atoms with E-state index in [1.54, 1.807) is 0 Å². The molecule has 27 nitrogen and oxygen atoms in total. The molecule has 4 aromatic heterocycles. The maximum absolute atomic E-state index is 12.3. The second-order valence-electron chi connectivity index (χ2n) is 15.0. The van der Waals surface area contributed by atoms with Gasteiger partial charge in [-0.3, -0.25) is 46.4 Å². The standard InChI is InChI=1S/2C18H24N5O8P.Na.H2O/c2*1-3-5-11(24)22-15-13-16(20-8-19-15)23(9-21-13)17-14(29-12(25)6-4-2)10-7-28-32(26,27)31-18(10)30-17;;/h2*8-10,14,17-18H,3-7H2,1-2H3,(H,26,27)(H,19,20,22,24);;1H2/q;;+1;/t2*10-,14+,17+,18+;;/m00../s1. The average molecular weight is 980 g/mol. The number of rotatable bonds is 14. The molecule has 0 radical (unpaired) electrons. The van der Waals surface area contributed by atoms with Crippen LogP contribution in [0.3, 0.4) is 0 Å². The third kappa shape index (κ3) is 12.0. The Kier molecular flexibility index (Phi) is 18.4. The number of anilines is 2. The molecule has 0 saturated carbocycles. The smallest absolute Gasteiger partial charge is 0.457 e. The molecular formula is C36H50N10NaO17P2+. The molecule has 10 atom stereocenters. The van der Waals surface area contributed by atoms with Crippen LogP contribution in [0.25, 0.3) is 22.3 Å². The summed E-state index contributed by atoms with van der Waals surface area (Å²) in [6.45, 7) is 7.07. The van der Waals surface area contributed by atoms with Crippen molar-refractivity contribution < 1.29 is 110 Å². The van der Waals surface area contributed by atoms with Gasteiger partial charge in [-0.25, -0.2) is 39.0 Å². The molecule has 30 heteroatoms. The molecule has 0 bridgehead atoms. The summed E-state index contributed by atoms with van der Waals surface area (Å²) in [6, 6.07) is 0. The molecule has 2 amide bonds. The summed E-state index contributed by atoms with van der Waals surface area (Å²) >= 11 is 0. The van der Waals surface area contributed by atoms with Crippen molar-refractivity contribution in [1.29, 1.82) is 0 Å². The zero-order chi connectivity index (χ0) is 45.8. The number of carbonyl (C=O) groups is 4. The van der Waals surface area contributed by atoms with Crippen LogP contribution in [0.1, 0.15) is 91.5 Å². The number of imidazole rings is 2. The van der Waals surface area contributed by atoms with Crippen LogP contribution in [-0.4, -0.2) is 116 Å². The second kappa shape index (κ2) is 22.9. The molecule has 4 aliphatic rings. The summed E-state index contributed by atoms with van der Waals surface area (Å²) in [7, 11) is -8.55. The number of carbonyl (C=O) groups excluding carboxylic acids is 4. The Labute approximate surface area is 398 Å². The van der Waals surface area contributed by atoms with Crippen molar-refractivity contribution in [2.24, 2.45) is 11.8 Å². The van der Waals surface area contributed by atoms with Gasteiger partial charge in [0, 0.05) is 25.7 Å². The van der Waals surface area contributed by atoms with E-state index in [4.69, 9.17) is 37.0 Å². The van der Waals surface area contributed by atoms with Gasteiger partial charge < -0.3 is 44.8 Å². The van der Waals surface area contributed by atoms with Crippen molar-refractivity contribution in [3.05, 3.63) is 25.3 Å². The minimum Gasteiger partial charge on any atom is -0.457 e. The number of ether oxygens (including phenoxy) is 4. The molecule has 4 aliphatic heterocycles. The first-order valence-electron chi connectivity index (χ1n) is 20.6. The van der Waals surface area contributed by atoms with Gasteiger partial charge in [-0.1, -0.05) is 27.7 Å². The first-order chi connectivity index (χ1) is 30.6. The van der Waals surface area contributed by atoms with Gasteiger partial charge in [-0.2, -0.15) is 0 Å². The minimum absolute atomic E-state index is 0. The Morgan fingerprint density at radius 2 is 1.03 bits per heavy atom. The SMILES string of the molecule is CCCC(=O)Nc1ncnc2c1ncn2[C@@H]1O[C@@H]2OP(=O)(O)OC[C@H]2[C@H]1OC(=O)CCC.CCCC(=O)Nc1ncnc2c1ncn2[C@@H]1O[C@@H]2OP(=O)(O)OC[C@H]2[C@H]1OC(=O)CCC.O.[Na+]. The zero-order valence-corrected chi connectivity index (χ0v) is 40.4. The monoisotopic (exact) mass is 979 g/mol. The van der Waals surface area contributed by atoms with E-state index in [2.05, 4.69) is 40.5 Å². The van der Waals surface area contributed by atoms with Crippen LogP contribution in [0.15, 0.2) is 25.3 Å². The topological polar surface area (TPSA) is 359 Å². The van der Waals surface area contributed by atoms with Crippen LogP contribution in [0.4, 0.5) is 11.6 Å². The Balaban J connectivity index is 0.000000240. The largest absolute Gasteiger partial charge is 1.00 e. The molecule has 8 heterocycles. The molecule has 66 heavy (non-hydrogen) atoms. The van der Waals surface area contributed by atoms with Crippen molar-refractivity contribution >= 4 is 73.4 Å². The number of esters is 2. The fourth-order valence-corrected chi connectivity index (χ4v) is 9.05. The second-order valence-corrected chi connectivity index (χ2v) is 17.8. The number of aromatic nitrogens is 8. The van der Waals surface area contributed by atoms with Gasteiger partial charge in [0.25, 0.3) is 0 Å². The number of fused-ring (bicyclic) bond motifs is 4. The average Bonchev–Trinajstić information content (AvgIpc) is 4.01. The third-order valence-electron chi connectivity index (χ3n) is 10.2. The maximum Gasteiger partial charge on any atom is 1.00 e. The summed E-state index contributed by atoms with van der Waals surface area (Å²) in [4.78, 5) is 93.1. The summed E-state index contributed by atoms with van der Waals surface area (Å²) < 4.78 is 69.7. The maximum atomic E-state index is 12.3. The summed E-state index contributed by atoms with van der Waals surface area (Å²) in [6.07, 6.45) is 3.00. The predicted molar refractivity (Wildman–Crippen MR) is 219 cm³/mol. The zero-order valence-electron chi connectivity index (χ0n) is 36.6. The molecule has 4 aromatic rings. The molecule has 0 spiro atoms. The number of amides is 2. The number of nitrogens with one attached hydrogen (secondary N) is 2. The summed E-state index contributed by atoms with van der Waals surface area (Å²) in [5, 5.41) is 5.41. The number of hydrogen-bond donors (Lipinski definition) is 4. The van der Waals surface area contributed by atoms with Crippen molar-refractivity contribution in [2.45, 2.75) is 116 Å². The molecule has 6 N–H and O–H groups in total. The summed E-state index contributed by atoms with van der Waals surface area (Å²) in [5.74, 6) is -2.12. The van der Waals surface area contributed by atoms with Gasteiger partial charge >= 0.3 is 57.1 Å². The Morgan fingerprint density at radius 1 is 0.652 bits per heavy atom. The van der Waals surface area contributed by atoms with Crippen LogP contribution in [0.2, 0.25) is 0 Å². The van der Waals surface area contributed by atoms with E-state index >= 15 is 0 Å². The van der Waals surface area contributed by atoms with Gasteiger partial charge in [-0.15, -0.1) is 0 Å². The molecule has 356 valence electrons. The Bertz CT molecular complexity index is 2300. The number of nitrogens with zero attached hydrogens (tertiary/aromatic N) is 8. The van der Waals surface area contributed by atoms with Crippen LogP contribution < -0.4 is 40.2 Å². The quantitative estimate of drug-likeness (QED) is 0.0732. The van der Waals surface area contributed by atoms with Crippen molar-refractivity contribution in [1.82, 2.24) is 39.0 Å². The van der Waals surface area contributed by atoms with E-state index in [9.17, 15) is 38.1 Å². The first kappa shape index (κ1) is 53.0. The van der Waals surface area contributed by atoms with Crippen LogP contribution in [-0.2, 0) is 65.4 Å². The van der Waals surface area contributed by atoms with Crippen LogP contribution >= 0.6 is 15.6 Å². The van der Waals surface area contributed by atoms with E-state index in [-0.39, 0.29) is 84.5 Å². The van der Waals surface area contributed by atoms with E-state index in [0.29, 0.717) is 60.9 Å². The first-order valence-corrected chi connectivity index (χ1v) is 23.6. The number of hydrogen-bond acceptors (Lipinski definition) is 20. The normalized spacial score (nSPS) is 28.7. The molecule has 0 aromatic carbocycles. The van der Waals surface area contributed by atoms with Crippen LogP contribution in [0, 0.1) is 11.8 Å². The Morgan fingerprint density at radius 3 is 1.39 bits per heavy atom. The van der Waals surface area contributed by atoms with E-state index < -0.39 is 76.7 Å². The molecule has 8 rings (SSSR count). The van der Waals surface area contributed by atoms with Gasteiger partial charge in [0.2, 0.25) is 11.8 Å². The number of phosphoric ester groups is 2. The molecular weight excluding hydrogens is 929 g/mol. The van der Waals surface area contributed by atoms with Gasteiger partial charge in [-0.05, 0) is 25.7 Å². The van der Waals surface area contributed by atoms with Crippen LogP contribution in [0.5, 0.6) is 0 Å². The van der Waals surface area contributed by atoms with Crippen molar-refractivity contribution in [3.63, 3.8) is 0 Å². The summed E-state index contributed by atoms with van der Waals surface area (Å²) in [5.41, 5.74) is 1.28. The van der Waals surface area contributed by atoms with Crippen molar-refractivity contribution in [2.75, 3.05) is 23.8 Å². The minimum atomic E-state index is -4.28. The fourth-order valence-electron chi connectivity index (χ4n) is 7.27. The fraction of sp³-hybridized carbons (Fsp3) is 0.611. The predicted octanol–water partition coefficient (Wildman–Crippen LogP) is -0.0305. The third-order valence-corrected chi connectivity index (χ3v) is 12.1. The van der Waals surface area contributed by atoms with Gasteiger partial charge in [0.1, 0.15) is 12.7 Å². The molecule has 4 fully saturated rings. The molecule has 0 aliphatic carbocycles. The molecule has 2 unspecified atom stereocenters. The number of phosphoric acid groups is 2. The molecule has 4 saturated heterocycles.